The molecule has 0 bridgehead atoms. The third kappa shape index (κ3) is 3.09. The third-order valence-corrected chi connectivity index (χ3v) is 7.16. The van der Waals surface area contributed by atoms with Gasteiger partial charge in [-0.1, -0.05) is 11.6 Å². The van der Waals surface area contributed by atoms with Gasteiger partial charge in [0, 0.05) is 22.0 Å². The fraction of sp³-hybridized carbons (Fsp3) is 0.182. The van der Waals surface area contributed by atoms with Crippen LogP contribution in [-0.2, 0) is 0 Å². The molecule has 11 heteroatoms. The molecule has 6 rings (SSSR count). The Morgan fingerprint density at radius 3 is 2.79 bits per heavy atom. The van der Waals surface area contributed by atoms with E-state index in [4.69, 9.17) is 16.3 Å². The SMILES string of the molecule is COc1cc(-c2cc3[nH]c(=O)n(-c4cncc5cnn(C6CC6)c45)c(=O)c3s2)c(Cl)cc1F. The van der Waals surface area contributed by atoms with Crippen LogP contribution in [0.25, 0.3) is 37.2 Å². The molecule has 0 spiro atoms. The summed E-state index contributed by atoms with van der Waals surface area (Å²) in [4.78, 5) is 34.1. The monoisotopic (exact) mass is 483 g/mol. The number of nitrogens with one attached hydrogen (secondary N) is 1. The second-order valence-electron chi connectivity index (χ2n) is 7.81. The van der Waals surface area contributed by atoms with Crippen LogP contribution in [-0.4, -0.2) is 31.4 Å². The molecule has 0 amide bonds. The predicted molar refractivity (Wildman–Crippen MR) is 124 cm³/mol. The van der Waals surface area contributed by atoms with Gasteiger partial charge in [0.05, 0.1) is 47.3 Å². The number of pyridine rings is 1. The summed E-state index contributed by atoms with van der Waals surface area (Å²) in [7, 11) is 1.36. The number of thiophene rings is 1. The molecule has 0 saturated heterocycles. The van der Waals surface area contributed by atoms with Crippen LogP contribution in [0.2, 0.25) is 5.02 Å². The van der Waals surface area contributed by atoms with E-state index < -0.39 is 17.1 Å². The first-order chi connectivity index (χ1) is 16.0. The maximum absolute atomic E-state index is 14.0. The summed E-state index contributed by atoms with van der Waals surface area (Å²) in [5, 5.41) is 5.36. The highest BCUT2D eigenvalue weighted by Crippen LogP contribution is 2.39. The molecule has 1 aliphatic carbocycles. The third-order valence-electron chi connectivity index (χ3n) is 5.69. The van der Waals surface area contributed by atoms with Gasteiger partial charge in [-0.15, -0.1) is 11.3 Å². The van der Waals surface area contributed by atoms with Crippen molar-refractivity contribution in [1.29, 1.82) is 0 Å². The van der Waals surface area contributed by atoms with Crippen molar-refractivity contribution in [3.8, 4) is 21.9 Å². The molecule has 0 atom stereocenters. The molecule has 0 aliphatic heterocycles. The van der Waals surface area contributed by atoms with Gasteiger partial charge in [-0.05, 0) is 31.0 Å². The zero-order chi connectivity index (χ0) is 22.9. The van der Waals surface area contributed by atoms with E-state index in [9.17, 15) is 14.0 Å². The fourth-order valence-electron chi connectivity index (χ4n) is 3.98. The van der Waals surface area contributed by atoms with E-state index in [1.165, 1.54) is 19.4 Å². The Morgan fingerprint density at radius 1 is 1.21 bits per heavy atom. The summed E-state index contributed by atoms with van der Waals surface area (Å²) in [6.45, 7) is 0. The molecule has 33 heavy (non-hydrogen) atoms. The topological polar surface area (TPSA) is 94.8 Å². The summed E-state index contributed by atoms with van der Waals surface area (Å²) in [5.41, 5.74) is 0.879. The van der Waals surface area contributed by atoms with Crippen LogP contribution in [0.5, 0.6) is 5.75 Å². The second kappa shape index (κ2) is 7.26. The second-order valence-corrected chi connectivity index (χ2v) is 9.27. The van der Waals surface area contributed by atoms with E-state index in [2.05, 4.69) is 15.1 Å². The van der Waals surface area contributed by atoms with E-state index >= 15 is 0 Å². The van der Waals surface area contributed by atoms with Gasteiger partial charge in [-0.2, -0.15) is 5.10 Å². The number of aromatic nitrogens is 5. The van der Waals surface area contributed by atoms with Crippen LogP contribution in [0.1, 0.15) is 18.9 Å². The number of aromatic amines is 1. The van der Waals surface area contributed by atoms with Gasteiger partial charge in [0.15, 0.2) is 11.6 Å². The molecular weight excluding hydrogens is 469 g/mol. The highest BCUT2D eigenvalue weighted by atomic mass is 35.5. The predicted octanol–water partition coefficient (Wildman–Crippen LogP) is 4.29. The van der Waals surface area contributed by atoms with Crippen molar-refractivity contribution in [3.05, 3.63) is 68.5 Å². The molecule has 0 unspecified atom stereocenters. The van der Waals surface area contributed by atoms with Gasteiger partial charge < -0.3 is 9.72 Å². The molecule has 8 nitrogen and oxygen atoms in total. The summed E-state index contributed by atoms with van der Waals surface area (Å²) >= 11 is 7.42. The van der Waals surface area contributed by atoms with E-state index in [0.29, 0.717) is 31.9 Å². The van der Waals surface area contributed by atoms with Crippen molar-refractivity contribution in [2.24, 2.45) is 0 Å². The lowest BCUT2D eigenvalue weighted by molar-refractivity contribution is 0.387. The molecule has 4 heterocycles. The maximum atomic E-state index is 14.0. The van der Waals surface area contributed by atoms with Gasteiger partial charge in [-0.25, -0.2) is 13.8 Å². The number of fused-ring (bicyclic) bond motifs is 2. The quantitative estimate of drug-likeness (QED) is 0.411. The minimum atomic E-state index is -0.587. The maximum Gasteiger partial charge on any atom is 0.333 e. The number of nitrogens with zero attached hydrogens (tertiary/aromatic N) is 4. The lowest BCUT2D eigenvalue weighted by Crippen LogP contribution is -2.33. The molecule has 1 aromatic carbocycles. The van der Waals surface area contributed by atoms with Crippen molar-refractivity contribution in [2.75, 3.05) is 7.11 Å². The van der Waals surface area contributed by atoms with E-state index in [1.807, 2.05) is 4.68 Å². The summed E-state index contributed by atoms with van der Waals surface area (Å²) in [6, 6.07) is 4.54. The van der Waals surface area contributed by atoms with Crippen LogP contribution >= 0.6 is 22.9 Å². The average Bonchev–Trinajstić information content (AvgIpc) is 3.39. The number of methoxy groups -OCH3 is 1. The first-order valence-electron chi connectivity index (χ1n) is 10.1. The van der Waals surface area contributed by atoms with E-state index in [1.54, 1.807) is 18.5 Å². The molecule has 166 valence electrons. The molecule has 4 aromatic heterocycles. The molecule has 5 aromatic rings. The molecule has 0 radical (unpaired) electrons. The van der Waals surface area contributed by atoms with Crippen LogP contribution < -0.4 is 16.0 Å². The molecule has 1 saturated carbocycles. The minimum absolute atomic E-state index is 0.0313. The van der Waals surface area contributed by atoms with Gasteiger partial charge in [0.2, 0.25) is 0 Å². The van der Waals surface area contributed by atoms with Gasteiger partial charge in [0.1, 0.15) is 4.70 Å². The smallest absolute Gasteiger partial charge is 0.333 e. The Hall–Kier alpha value is -3.50. The highest BCUT2D eigenvalue weighted by molar-refractivity contribution is 7.22. The Balaban J connectivity index is 1.59. The Bertz CT molecular complexity index is 1700. The standard InChI is InChI=1S/C22H15ClFN5O3S/c1-32-17-4-12(13(23)5-14(17)24)18-6-15-20(33-18)21(30)28(22(31)27-15)16-9-25-7-10-8-26-29(19(10)16)11-2-3-11/h4-9,11H,2-3H2,1H3,(H,27,31). The van der Waals surface area contributed by atoms with Gasteiger partial charge in [-0.3, -0.25) is 14.5 Å². The minimum Gasteiger partial charge on any atom is -0.494 e. The molecule has 1 aliphatic rings. The molecule has 1 N–H and O–H groups in total. The Kier molecular flexibility index (Phi) is 4.43. The van der Waals surface area contributed by atoms with Gasteiger partial charge in [0.25, 0.3) is 5.56 Å². The van der Waals surface area contributed by atoms with Crippen molar-refractivity contribution < 1.29 is 9.13 Å². The first-order valence-corrected chi connectivity index (χ1v) is 11.3. The van der Waals surface area contributed by atoms with Gasteiger partial charge >= 0.3 is 5.69 Å². The van der Waals surface area contributed by atoms with Crippen molar-refractivity contribution in [1.82, 2.24) is 24.3 Å². The molecule has 1 fully saturated rings. The van der Waals surface area contributed by atoms with Crippen LogP contribution in [0.4, 0.5) is 4.39 Å². The lowest BCUT2D eigenvalue weighted by Gasteiger charge is -2.08. The van der Waals surface area contributed by atoms with E-state index in [-0.39, 0.29) is 16.8 Å². The van der Waals surface area contributed by atoms with E-state index in [0.717, 1.165) is 40.2 Å². The van der Waals surface area contributed by atoms with Crippen LogP contribution in [0.15, 0.2) is 46.4 Å². The summed E-state index contributed by atoms with van der Waals surface area (Å²) in [5.74, 6) is -0.556. The van der Waals surface area contributed by atoms with Crippen molar-refractivity contribution in [2.45, 2.75) is 18.9 Å². The van der Waals surface area contributed by atoms with Crippen LogP contribution in [0.3, 0.4) is 0 Å². The first kappa shape index (κ1) is 20.1. The average molecular weight is 484 g/mol. The normalized spacial score (nSPS) is 13.8. The van der Waals surface area contributed by atoms with Crippen molar-refractivity contribution in [3.63, 3.8) is 0 Å². The van der Waals surface area contributed by atoms with Crippen LogP contribution in [0, 0.1) is 5.82 Å². The number of halogens is 2. The summed E-state index contributed by atoms with van der Waals surface area (Å²) in [6.07, 6.45) is 6.85. The molecular formula is C22H15ClFN5O3S. The fourth-order valence-corrected chi connectivity index (χ4v) is 5.36. The Labute approximate surface area is 193 Å². The Morgan fingerprint density at radius 2 is 2.03 bits per heavy atom. The van der Waals surface area contributed by atoms with Crippen molar-refractivity contribution >= 4 is 44.1 Å². The number of hydrogen-bond donors (Lipinski definition) is 1. The summed E-state index contributed by atoms with van der Waals surface area (Å²) < 4.78 is 22.3. The zero-order valence-electron chi connectivity index (χ0n) is 17.1. The number of rotatable bonds is 4. The number of ether oxygens (including phenoxy) is 1. The number of hydrogen-bond acceptors (Lipinski definition) is 6. The highest BCUT2D eigenvalue weighted by Gasteiger charge is 2.28. The largest absolute Gasteiger partial charge is 0.494 e. The number of benzene rings is 1. The zero-order valence-corrected chi connectivity index (χ0v) is 18.7. The lowest BCUT2D eigenvalue weighted by atomic mass is 10.1. The number of H-pyrrole nitrogens is 1.